The summed E-state index contributed by atoms with van der Waals surface area (Å²) >= 11 is 6.14. The van der Waals surface area contributed by atoms with Crippen molar-refractivity contribution in [3.05, 3.63) is 46.8 Å². The lowest BCUT2D eigenvalue weighted by Crippen LogP contribution is -2.45. The molecule has 2 aromatic rings. The van der Waals surface area contributed by atoms with E-state index in [1.807, 2.05) is 12.4 Å². The highest BCUT2D eigenvalue weighted by Crippen LogP contribution is 2.29. The van der Waals surface area contributed by atoms with Crippen LogP contribution in [0.4, 0.5) is 5.69 Å². The standard InChI is InChI=1S/C22H26ClN5O3/c1-30-22(29)4-6-28(7-5-22)19-12-20(23)24-15-18(19)2-3-21-25-13-17(14-26-21)16-27-8-10-31-11-9-27/h12-15,29H,4-11,16H2,1H3. The van der Waals surface area contributed by atoms with E-state index in [0.29, 0.717) is 36.9 Å². The van der Waals surface area contributed by atoms with Crippen molar-refractivity contribution >= 4 is 17.3 Å². The molecule has 0 bridgehead atoms. The molecule has 0 spiro atoms. The first-order valence-corrected chi connectivity index (χ1v) is 10.7. The average molecular weight is 444 g/mol. The highest BCUT2D eigenvalue weighted by molar-refractivity contribution is 6.29. The first-order chi connectivity index (χ1) is 15.0. The van der Waals surface area contributed by atoms with Crippen LogP contribution in [0.1, 0.15) is 29.8 Å². The highest BCUT2D eigenvalue weighted by Gasteiger charge is 2.32. The van der Waals surface area contributed by atoms with E-state index in [0.717, 1.165) is 49.7 Å². The number of piperidine rings is 1. The number of ether oxygens (including phenoxy) is 2. The van der Waals surface area contributed by atoms with Gasteiger partial charge in [-0.3, -0.25) is 4.90 Å². The van der Waals surface area contributed by atoms with Crippen LogP contribution < -0.4 is 4.90 Å². The second kappa shape index (κ2) is 9.90. The molecule has 2 aliphatic heterocycles. The van der Waals surface area contributed by atoms with Crippen LogP contribution in [0.15, 0.2) is 24.7 Å². The second-order valence-corrected chi connectivity index (χ2v) is 8.10. The van der Waals surface area contributed by atoms with Gasteiger partial charge in [-0.15, -0.1) is 0 Å². The number of hydrogen-bond acceptors (Lipinski definition) is 8. The molecule has 0 radical (unpaired) electrons. The maximum absolute atomic E-state index is 10.3. The van der Waals surface area contributed by atoms with Gasteiger partial charge >= 0.3 is 0 Å². The molecule has 8 nitrogen and oxygen atoms in total. The Morgan fingerprint density at radius 2 is 1.81 bits per heavy atom. The number of morpholine rings is 1. The van der Waals surface area contributed by atoms with Gasteiger partial charge in [0.2, 0.25) is 5.82 Å². The summed E-state index contributed by atoms with van der Waals surface area (Å²) in [4.78, 5) is 17.4. The van der Waals surface area contributed by atoms with Gasteiger partial charge in [-0.1, -0.05) is 17.5 Å². The molecule has 4 heterocycles. The first-order valence-electron chi connectivity index (χ1n) is 10.4. The van der Waals surface area contributed by atoms with Crippen molar-refractivity contribution in [1.82, 2.24) is 19.9 Å². The molecule has 2 saturated heterocycles. The largest absolute Gasteiger partial charge is 0.379 e. The van der Waals surface area contributed by atoms with E-state index in [2.05, 4.69) is 36.6 Å². The van der Waals surface area contributed by atoms with Crippen LogP contribution in [0.25, 0.3) is 0 Å². The molecule has 2 fully saturated rings. The average Bonchev–Trinajstić information content (AvgIpc) is 2.80. The van der Waals surface area contributed by atoms with Gasteiger partial charge in [-0.05, 0) is 5.92 Å². The third-order valence-corrected chi connectivity index (χ3v) is 5.85. The summed E-state index contributed by atoms with van der Waals surface area (Å²) in [5.74, 6) is 5.54. The zero-order chi connectivity index (χ0) is 21.7. The Morgan fingerprint density at radius 1 is 1.10 bits per heavy atom. The molecule has 0 amide bonds. The molecule has 0 aromatic carbocycles. The third kappa shape index (κ3) is 5.70. The molecular formula is C22H26ClN5O3. The summed E-state index contributed by atoms with van der Waals surface area (Å²) in [6, 6.07) is 1.80. The number of aliphatic hydroxyl groups is 1. The number of pyridine rings is 1. The SMILES string of the molecule is COC1(O)CCN(c2cc(Cl)ncc2C#Cc2ncc(CN3CCOCC3)cn2)CC1. The number of aromatic nitrogens is 3. The normalized spacial score (nSPS) is 19.0. The molecule has 2 aromatic heterocycles. The highest BCUT2D eigenvalue weighted by atomic mass is 35.5. The van der Waals surface area contributed by atoms with E-state index >= 15 is 0 Å². The van der Waals surface area contributed by atoms with Gasteiger partial charge in [0.15, 0.2) is 5.79 Å². The van der Waals surface area contributed by atoms with Crippen molar-refractivity contribution in [2.24, 2.45) is 0 Å². The predicted molar refractivity (Wildman–Crippen MR) is 117 cm³/mol. The lowest BCUT2D eigenvalue weighted by Gasteiger charge is -2.38. The summed E-state index contributed by atoms with van der Waals surface area (Å²) in [5, 5.41) is 10.7. The maximum atomic E-state index is 10.3. The number of methoxy groups -OCH3 is 1. The number of rotatable bonds is 4. The Kier molecular flexibility index (Phi) is 7.00. The van der Waals surface area contributed by atoms with Gasteiger partial charge in [0, 0.05) is 82.9 Å². The smallest absolute Gasteiger partial charge is 0.205 e. The summed E-state index contributed by atoms with van der Waals surface area (Å²) in [6.07, 6.45) is 6.32. The molecule has 0 aliphatic carbocycles. The minimum Gasteiger partial charge on any atom is -0.379 e. The van der Waals surface area contributed by atoms with E-state index in [1.165, 1.54) is 7.11 Å². The van der Waals surface area contributed by atoms with E-state index < -0.39 is 5.79 Å². The number of halogens is 1. The van der Waals surface area contributed by atoms with Crippen LogP contribution in [-0.4, -0.2) is 77.2 Å². The molecule has 9 heteroatoms. The summed E-state index contributed by atoms with van der Waals surface area (Å²) in [6.45, 7) is 5.45. The van der Waals surface area contributed by atoms with Gasteiger partial charge in [0.1, 0.15) is 5.15 Å². The van der Waals surface area contributed by atoms with E-state index in [1.54, 1.807) is 12.3 Å². The number of hydrogen-bond donors (Lipinski definition) is 1. The van der Waals surface area contributed by atoms with Crippen LogP contribution >= 0.6 is 11.6 Å². The zero-order valence-corrected chi connectivity index (χ0v) is 18.3. The Morgan fingerprint density at radius 3 is 2.48 bits per heavy atom. The fourth-order valence-electron chi connectivity index (χ4n) is 3.72. The fourth-order valence-corrected chi connectivity index (χ4v) is 3.87. The molecule has 4 rings (SSSR count). The summed E-state index contributed by atoms with van der Waals surface area (Å²) in [7, 11) is 1.53. The Balaban J connectivity index is 1.46. The van der Waals surface area contributed by atoms with Crippen molar-refractivity contribution in [1.29, 1.82) is 0 Å². The van der Waals surface area contributed by atoms with Crippen LogP contribution in [-0.2, 0) is 16.0 Å². The number of nitrogens with zero attached hydrogens (tertiary/aromatic N) is 5. The molecule has 0 atom stereocenters. The van der Waals surface area contributed by atoms with Gasteiger partial charge in [0.25, 0.3) is 0 Å². The molecule has 0 saturated carbocycles. The molecule has 164 valence electrons. The van der Waals surface area contributed by atoms with Crippen molar-refractivity contribution in [3.8, 4) is 11.8 Å². The fraction of sp³-hybridized carbons (Fsp3) is 0.500. The molecule has 2 aliphatic rings. The third-order valence-electron chi connectivity index (χ3n) is 5.64. The number of anilines is 1. The van der Waals surface area contributed by atoms with Crippen molar-refractivity contribution in [2.75, 3.05) is 51.4 Å². The van der Waals surface area contributed by atoms with Crippen molar-refractivity contribution in [2.45, 2.75) is 25.2 Å². The minimum absolute atomic E-state index is 0.400. The van der Waals surface area contributed by atoms with Gasteiger partial charge < -0.3 is 19.5 Å². The van der Waals surface area contributed by atoms with E-state index in [4.69, 9.17) is 21.1 Å². The lowest BCUT2D eigenvalue weighted by atomic mass is 10.0. The van der Waals surface area contributed by atoms with E-state index in [9.17, 15) is 5.11 Å². The van der Waals surface area contributed by atoms with Crippen LogP contribution in [0.3, 0.4) is 0 Å². The zero-order valence-electron chi connectivity index (χ0n) is 17.6. The Hall–Kier alpha value is -2.28. The van der Waals surface area contributed by atoms with Crippen LogP contribution in [0.2, 0.25) is 5.15 Å². The predicted octanol–water partition coefficient (Wildman–Crippen LogP) is 1.69. The molecular weight excluding hydrogens is 418 g/mol. The van der Waals surface area contributed by atoms with Crippen molar-refractivity contribution in [3.63, 3.8) is 0 Å². The van der Waals surface area contributed by atoms with Crippen LogP contribution in [0, 0.1) is 11.8 Å². The maximum Gasteiger partial charge on any atom is 0.205 e. The Labute approximate surface area is 187 Å². The molecule has 31 heavy (non-hydrogen) atoms. The molecule has 1 N–H and O–H groups in total. The lowest BCUT2D eigenvalue weighted by molar-refractivity contribution is -0.196. The minimum atomic E-state index is -1.07. The second-order valence-electron chi connectivity index (χ2n) is 7.71. The molecule has 0 unspecified atom stereocenters. The monoisotopic (exact) mass is 443 g/mol. The summed E-state index contributed by atoms with van der Waals surface area (Å²) in [5.41, 5.74) is 2.68. The van der Waals surface area contributed by atoms with E-state index in [-0.39, 0.29) is 0 Å². The first kappa shape index (κ1) is 21.9. The summed E-state index contributed by atoms with van der Waals surface area (Å²) < 4.78 is 10.6. The van der Waals surface area contributed by atoms with Crippen molar-refractivity contribution < 1.29 is 14.6 Å². The quantitative estimate of drug-likeness (QED) is 0.434. The van der Waals surface area contributed by atoms with Gasteiger partial charge in [-0.2, -0.15) is 0 Å². The Bertz CT molecular complexity index is 946. The van der Waals surface area contributed by atoms with Crippen LogP contribution in [0.5, 0.6) is 0 Å². The van der Waals surface area contributed by atoms with Gasteiger partial charge in [0.05, 0.1) is 24.5 Å². The topological polar surface area (TPSA) is 83.8 Å². The van der Waals surface area contributed by atoms with Gasteiger partial charge in [-0.25, -0.2) is 15.0 Å².